The van der Waals surface area contributed by atoms with Crippen LogP contribution in [-0.4, -0.2) is 70.0 Å². The summed E-state index contributed by atoms with van der Waals surface area (Å²) in [6.45, 7) is 2.78. The fourth-order valence-corrected chi connectivity index (χ4v) is 6.16. The number of aliphatic hydroxyl groups is 1. The molecule has 2 fully saturated rings. The minimum atomic E-state index is -0.271. The van der Waals surface area contributed by atoms with Crippen LogP contribution in [0.25, 0.3) is 22.3 Å². The van der Waals surface area contributed by atoms with Crippen LogP contribution in [0.2, 0.25) is 0 Å². The molecule has 1 saturated carbocycles. The molecule has 9 nitrogen and oxygen atoms in total. The number of rotatable bonds is 8. The van der Waals surface area contributed by atoms with Gasteiger partial charge < -0.3 is 19.1 Å². The lowest BCUT2D eigenvalue weighted by atomic mass is 9.93. The van der Waals surface area contributed by atoms with Crippen molar-refractivity contribution in [3.63, 3.8) is 0 Å². The Morgan fingerprint density at radius 2 is 1.88 bits per heavy atom. The van der Waals surface area contributed by atoms with Crippen molar-refractivity contribution >= 4 is 22.9 Å². The van der Waals surface area contributed by atoms with E-state index in [0.717, 1.165) is 68.3 Å². The summed E-state index contributed by atoms with van der Waals surface area (Å²) >= 11 is 0. The Balaban J connectivity index is 1.30. The van der Waals surface area contributed by atoms with Crippen LogP contribution in [0.15, 0.2) is 60.8 Å². The molecule has 2 aliphatic rings. The highest BCUT2D eigenvalue weighted by Crippen LogP contribution is 2.35. The number of methoxy groups -OCH3 is 2. The van der Waals surface area contributed by atoms with Crippen molar-refractivity contribution in [2.24, 2.45) is 0 Å². The van der Waals surface area contributed by atoms with Gasteiger partial charge in [0.05, 0.1) is 36.0 Å². The number of hydrogen-bond acceptors (Lipinski definition) is 7. The molecule has 2 aromatic carbocycles. The topological polar surface area (TPSA) is 102 Å². The van der Waals surface area contributed by atoms with Crippen LogP contribution in [0.3, 0.4) is 0 Å². The largest absolute Gasteiger partial charge is 0.496 e. The van der Waals surface area contributed by atoms with E-state index in [1.165, 1.54) is 5.56 Å². The molecule has 1 amide bonds. The van der Waals surface area contributed by atoms with Crippen LogP contribution >= 0.6 is 0 Å². The fraction of sp³-hybridized carbons (Fsp3) is 0.406. The van der Waals surface area contributed by atoms with Gasteiger partial charge in [0.15, 0.2) is 0 Å². The number of amides is 1. The number of aliphatic hydroxyl groups excluding tert-OH is 1. The lowest BCUT2D eigenvalue weighted by Crippen LogP contribution is -2.24. The van der Waals surface area contributed by atoms with E-state index in [2.05, 4.69) is 38.0 Å². The van der Waals surface area contributed by atoms with Gasteiger partial charge in [-0.3, -0.25) is 20.0 Å². The van der Waals surface area contributed by atoms with E-state index in [0.29, 0.717) is 23.0 Å². The molecule has 1 aliphatic heterocycles. The minimum absolute atomic E-state index is 0.146. The number of nitrogens with one attached hydrogen (secondary N) is 1. The number of nitrogens with zero attached hydrogens (tertiary/aromatic N) is 4. The molecule has 2 N–H and O–H groups in total. The maximum absolute atomic E-state index is 13.6. The second kappa shape index (κ2) is 12.0. The van der Waals surface area contributed by atoms with Crippen LogP contribution < -0.4 is 10.1 Å². The normalized spacial score (nSPS) is 21.3. The van der Waals surface area contributed by atoms with E-state index < -0.39 is 0 Å². The number of carbonyl (C=O) groups is 1. The van der Waals surface area contributed by atoms with Gasteiger partial charge in [0.1, 0.15) is 5.75 Å². The molecule has 214 valence electrons. The number of ether oxygens (including phenoxy) is 2. The molecule has 3 heterocycles. The number of para-hydroxylation sites is 1. The molecule has 4 aromatic rings. The van der Waals surface area contributed by atoms with Crippen molar-refractivity contribution in [1.82, 2.24) is 19.4 Å². The SMILES string of the molecule is COc1ccccc1-c1cc(C(=O)Nc2nc3cc(CN4CC[C@@H](OC)C4)ccc3n2C2CCC(O)CC2)ccn1. The second-order valence-electron chi connectivity index (χ2n) is 11.1. The zero-order valence-corrected chi connectivity index (χ0v) is 23.6. The number of fused-ring (bicyclic) bond motifs is 1. The molecular weight excluding hydrogens is 518 g/mol. The lowest BCUT2D eigenvalue weighted by molar-refractivity contribution is 0.102. The number of pyridine rings is 1. The second-order valence-corrected chi connectivity index (χ2v) is 11.1. The summed E-state index contributed by atoms with van der Waals surface area (Å²) in [6.07, 6.45) is 5.83. The maximum Gasteiger partial charge on any atom is 0.258 e. The summed E-state index contributed by atoms with van der Waals surface area (Å²) < 4.78 is 13.2. The summed E-state index contributed by atoms with van der Waals surface area (Å²) in [6, 6.07) is 17.7. The highest BCUT2D eigenvalue weighted by Gasteiger charge is 2.27. The number of anilines is 1. The van der Waals surface area contributed by atoms with E-state index in [1.807, 2.05) is 24.3 Å². The Hall–Kier alpha value is -3.79. The van der Waals surface area contributed by atoms with Gasteiger partial charge >= 0.3 is 0 Å². The van der Waals surface area contributed by atoms with Crippen LogP contribution in [0.1, 0.15) is 54.1 Å². The minimum Gasteiger partial charge on any atom is -0.496 e. The Morgan fingerprint density at radius 1 is 1.05 bits per heavy atom. The zero-order valence-electron chi connectivity index (χ0n) is 23.6. The van der Waals surface area contributed by atoms with Gasteiger partial charge in [-0.25, -0.2) is 4.98 Å². The summed E-state index contributed by atoms with van der Waals surface area (Å²) in [7, 11) is 3.40. The van der Waals surface area contributed by atoms with Crippen LogP contribution in [0.4, 0.5) is 5.95 Å². The van der Waals surface area contributed by atoms with Gasteiger partial charge in [0, 0.05) is 50.1 Å². The molecule has 6 rings (SSSR count). The first-order valence-corrected chi connectivity index (χ1v) is 14.4. The standard InChI is InChI=1S/C32H37N5O4/c1-40-25-14-16-36(20-25)19-21-7-12-29-28(17-21)34-32(37(29)23-8-10-24(38)11-9-23)35-31(39)22-13-15-33-27(18-22)26-5-3-4-6-30(26)41-2/h3-7,12-13,15,17-18,23-25,38H,8-11,14,16,19-20H2,1-2H3,(H,34,35,39)/t23?,24?,25-/m1/s1. The van der Waals surface area contributed by atoms with Crippen molar-refractivity contribution in [2.75, 3.05) is 32.6 Å². The quantitative estimate of drug-likeness (QED) is 0.314. The summed E-state index contributed by atoms with van der Waals surface area (Å²) in [5.74, 6) is 0.972. The molecule has 0 unspecified atom stereocenters. The molecule has 0 spiro atoms. The average molecular weight is 556 g/mol. The van der Waals surface area contributed by atoms with E-state index in [-0.39, 0.29) is 24.2 Å². The first kappa shape index (κ1) is 27.4. The third-order valence-corrected chi connectivity index (χ3v) is 8.38. The molecule has 1 aliphatic carbocycles. The summed E-state index contributed by atoms with van der Waals surface area (Å²) in [4.78, 5) is 25.4. The number of aromatic nitrogens is 3. The Morgan fingerprint density at radius 3 is 2.66 bits per heavy atom. The number of carbonyl (C=O) groups excluding carboxylic acids is 1. The van der Waals surface area contributed by atoms with Crippen molar-refractivity contribution < 1.29 is 19.4 Å². The van der Waals surface area contributed by atoms with Gasteiger partial charge in [-0.2, -0.15) is 0 Å². The number of benzene rings is 2. The van der Waals surface area contributed by atoms with Gasteiger partial charge in [0.25, 0.3) is 5.91 Å². The Bertz CT molecular complexity index is 1530. The van der Waals surface area contributed by atoms with E-state index in [4.69, 9.17) is 14.5 Å². The monoisotopic (exact) mass is 555 g/mol. The van der Waals surface area contributed by atoms with Gasteiger partial charge in [-0.15, -0.1) is 0 Å². The first-order valence-electron chi connectivity index (χ1n) is 14.4. The van der Waals surface area contributed by atoms with Gasteiger partial charge in [0.2, 0.25) is 5.95 Å². The third kappa shape index (κ3) is 5.84. The van der Waals surface area contributed by atoms with Crippen molar-refractivity contribution in [3.05, 3.63) is 71.9 Å². The van der Waals surface area contributed by atoms with Crippen LogP contribution in [-0.2, 0) is 11.3 Å². The van der Waals surface area contributed by atoms with Gasteiger partial charge in [-0.1, -0.05) is 18.2 Å². The van der Waals surface area contributed by atoms with Crippen molar-refractivity contribution in [1.29, 1.82) is 0 Å². The molecule has 0 radical (unpaired) electrons. The summed E-state index contributed by atoms with van der Waals surface area (Å²) in [5, 5.41) is 13.2. The predicted molar refractivity (Wildman–Crippen MR) is 158 cm³/mol. The number of imidazole rings is 1. The highest BCUT2D eigenvalue weighted by molar-refractivity contribution is 6.04. The Labute approximate surface area is 240 Å². The predicted octanol–water partition coefficient (Wildman–Crippen LogP) is 5.06. The average Bonchev–Trinajstić information content (AvgIpc) is 3.61. The van der Waals surface area contributed by atoms with Crippen molar-refractivity contribution in [3.8, 4) is 17.0 Å². The molecule has 9 heteroatoms. The number of hydrogen-bond donors (Lipinski definition) is 2. The Kier molecular flexibility index (Phi) is 8.00. The van der Waals surface area contributed by atoms with E-state index in [9.17, 15) is 9.90 Å². The molecule has 0 bridgehead atoms. The number of likely N-dealkylation sites (tertiary alicyclic amines) is 1. The van der Waals surface area contributed by atoms with Gasteiger partial charge in [-0.05, 0) is 74.1 Å². The first-order chi connectivity index (χ1) is 20.0. The highest BCUT2D eigenvalue weighted by atomic mass is 16.5. The van der Waals surface area contributed by atoms with Crippen LogP contribution in [0.5, 0.6) is 5.75 Å². The summed E-state index contributed by atoms with van der Waals surface area (Å²) in [5.41, 5.74) is 5.00. The zero-order chi connectivity index (χ0) is 28.3. The molecule has 2 aromatic heterocycles. The molecular formula is C32H37N5O4. The van der Waals surface area contributed by atoms with E-state index >= 15 is 0 Å². The maximum atomic E-state index is 13.6. The lowest BCUT2D eigenvalue weighted by Gasteiger charge is -2.28. The smallest absolute Gasteiger partial charge is 0.258 e. The van der Waals surface area contributed by atoms with Crippen molar-refractivity contribution in [2.45, 2.75) is 56.9 Å². The molecule has 1 saturated heterocycles. The molecule has 1 atom stereocenters. The molecule has 41 heavy (non-hydrogen) atoms. The third-order valence-electron chi connectivity index (χ3n) is 8.38. The fourth-order valence-electron chi connectivity index (χ4n) is 6.16. The van der Waals surface area contributed by atoms with E-state index in [1.54, 1.807) is 32.5 Å². The van der Waals surface area contributed by atoms with Crippen LogP contribution in [0, 0.1) is 0 Å².